The number of carbonyl (C=O) groups is 2. The molecule has 0 atom stereocenters. The van der Waals surface area contributed by atoms with E-state index in [2.05, 4.69) is 9.97 Å². The largest absolute Gasteiger partial charge is 0.545 e. The number of carboxylic acid groups (broad SMARTS) is 2. The van der Waals surface area contributed by atoms with Gasteiger partial charge in [0.1, 0.15) is 0 Å². The number of hydrogen-bond donors (Lipinski definition) is 2. The van der Waals surface area contributed by atoms with Crippen LogP contribution in [-0.2, 0) is 0 Å². The van der Waals surface area contributed by atoms with Crippen molar-refractivity contribution < 1.29 is 29.8 Å². The summed E-state index contributed by atoms with van der Waals surface area (Å²) >= 11 is 0. The summed E-state index contributed by atoms with van der Waals surface area (Å²) in [6, 6.07) is 27.6. The van der Waals surface area contributed by atoms with Gasteiger partial charge in [-0.3, -0.25) is 11.5 Å². The molecule has 2 aromatic heterocycles. The minimum Gasteiger partial charge on any atom is -0.545 e. The Labute approximate surface area is 198 Å². The average Bonchev–Trinajstić information content (AvgIpc) is 2.81. The second kappa shape index (κ2) is 15.1. The zero-order chi connectivity index (χ0) is 25.3. The Morgan fingerprint density at radius 1 is 0.559 bits per heavy atom. The molecule has 0 amide bonds. The highest BCUT2D eigenvalue weighted by Gasteiger charge is 1.90. The van der Waals surface area contributed by atoms with Crippen LogP contribution in [0.3, 0.4) is 0 Å². The van der Waals surface area contributed by atoms with Crippen molar-refractivity contribution in [2.24, 2.45) is 0 Å². The molecule has 0 spiro atoms. The molecule has 8 nitrogen and oxygen atoms in total. The van der Waals surface area contributed by atoms with Crippen molar-refractivity contribution in [1.82, 2.24) is 0 Å². The summed E-state index contributed by atoms with van der Waals surface area (Å²) in [4.78, 5) is 26.1. The van der Waals surface area contributed by atoms with Crippen molar-refractivity contribution in [1.29, 1.82) is 0 Å². The third-order valence-electron chi connectivity index (χ3n) is 3.95. The topological polar surface area (TPSA) is 161 Å². The number of carboxylic acids is 2. The third-order valence-corrected chi connectivity index (χ3v) is 3.95. The number of aromatic amines is 2. The predicted molar refractivity (Wildman–Crippen MR) is 126 cm³/mol. The van der Waals surface area contributed by atoms with Gasteiger partial charge in [-0.1, -0.05) is 72.8 Å². The molecule has 0 aliphatic carbocycles. The van der Waals surface area contributed by atoms with Crippen LogP contribution in [0.5, 0.6) is 0 Å². The summed E-state index contributed by atoms with van der Waals surface area (Å²) in [5, 5.41) is 20.2. The first-order valence-corrected chi connectivity index (χ1v) is 10.2. The van der Waals surface area contributed by atoms with Gasteiger partial charge < -0.3 is 19.8 Å². The van der Waals surface area contributed by atoms with E-state index in [1.165, 1.54) is 24.3 Å². The van der Waals surface area contributed by atoms with E-state index in [-0.39, 0.29) is 11.1 Å². The first kappa shape index (κ1) is 27.3. The van der Waals surface area contributed by atoms with Gasteiger partial charge in [0.15, 0.2) is 0 Å². The van der Waals surface area contributed by atoms with Gasteiger partial charge in [-0.25, -0.2) is 9.97 Å². The van der Waals surface area contributed by atoms with E-state index < -0.39 is 11.9 Å². The van der Waals surface area contributed by atoms with Crippen LogP contribution in [0.15, 0.2) is 97.1 Å². The zero-order valence-electron chi connectivity index (χ0n) is 19.0. The highest BCUT2D eigenvalue weighted by atomic mass is 16.4. The molecule has 2 heterocycles. The lowest BCUT2D eigenvalue weighted by molar-refractivity contribution is -0.370. The Balaban J connectivity index is 0.000000227. The van der Waals surface area contributed by atoms with Gasteiger partial charge in [-0.2, -0.15) is 0 Å². The van der Waals surface area contributed by atoms with Crippen molar-refractivity contribution in [2.75, 3.05) is 11.5 Å². The molecule has 0 unspecified atom stereocenters. The number of carbonyl (C=O) groups excluding carboxylic acids is 2. The van der Waals surface area contributed by atoms with Gasteiger partial charge >= 0.3 is 0 Å². The fourth-order valence-electron chi connectivity index (χ4n) is 2.36. The molecule has 8 heteroatoms. The maximum atomic E-state index is 10.1. The molecule has 0 saturated carbocycles. The quantitative estimate of drug-likeness (QED) is 0.451. The summed E-state index contributed by atoms with van der Waals surface area (Å²) < 4.78 is 0. The van der Waals surface area contributed by atoms with Crippen LogP contribution >= 0.6 is 0 Å². The second-order valence-corrected chi connectivity index (χ2v) is 6.89. The molecule has 2 aromatic carbocycles. The molecule has 0 aliphatic rings. The van der Waals surface area contributed by atoms with Crippen LogP contribution in [0, 0.1) is 13.8 Å². The number of anilines is 2. The first-order valence-electron chi connectivity index (χ1n) is 10.2. The zero-order valence-corrected chi connectivity index (χ0v) is 19.0. The molecular weight excluding hydrogens is 432 g/mol. The molecule has 0 radical (unpaired) electrons. The normalized spacial score (nSPS) is 9.00. The van der Waals surface area contributed by atoms with Crippen LogP contribution in [0.25, 0.3) is 0 Å². The molecule has 0 fully saturated rings. The highest BCUT2D eigenvalue weighted by Crippen LogP contribution is 1.95. The van der Waals surface area contributed by atoms with E-state index in [0.29, 0.717) is 11.6 Å². The Morgan fingerprint density at radius 2 is 0.882 bits per heavy atom. The number of nitrogen functional groups attached to an aromatic ring is 2. The first-order chi connectivity index (χ1) is 16.2. The van der Waals surface area contributed by atoms with Crippen LogP contribution in [0.1, 0.15) is 32.1 Å². The highest BCUT2D eigenvalue weighted by molar-refractivity contribution is 5.85. The third kappa shape index (κ3) is 12.2. The molecule has 4 rings (SSSR count). The van der Waals surface area contributed by atoms with Gasteiger partial charge in [0, 0.05) is 12.1 Å². The standard InChI is InChI=1S/2C7H6O2.2C6H8N2/c2*8-7(9)6-4-2-1-3-5-6;2*1-5-3-2-4-6(7)8-5/h2*1-5H,(H,8,9);2*2-4H,1H3,(H2,7,8). The number of nitrogens with two attached hydrogens (primary N) is 2. The SMILES string of the molecule is Cc1cccc(N)[nH+]1.Cc1cccc(N)[nH+]1.O=C([O-])c1ccccc1.O=C([O-])c1ccccc1. The van der Waals surface area contributed by atoms with Crippen LogP contribution < -0.4 is 31.6 Å². The lowest BCUT2D eigenvalue weighted by atomic mass is 10.2. The minimum absolute atomic E-state index is 0.220. The van der Waals surface area contributed by atoms with E-state index in [1.807, 2.05) is 50.2 Å². The lowest BCUT2D eigenvalue weighted by Crippen LogP contribution is -2.21. The fourth-order valence-corrected chi connectivity index (χ4v) is 2.36. The summed E-state index contributed by atoms with van der Waals surface area (Å²) in [5.41, 5.74) is 13.4. The molecular formula is C26H28N4O4. The van der Waals surface area contributed by atoms with Gasteiger partial charge in [0.25, 0.3) is 11.6 Å². The van der Waals surface area contributed by atoms with Gasteiger partial charge in [-0.15, -0.1) is 0 Å². The summed E-state index contributed by atoms with van der Waals surface area (Å²) in [6.45, 7) is 3.94. The maximum Gasteiger partial charge on any atom is 0.270 e. The smallest absolute Gasteiger partial charge is 0.270 e. The number of pyridine rings is 2. The van der Waals surface area contributed by atoms with Crippen LogP contribution in [-0.4, -0.2) is 11.9 Å². The second-order valence-electron chi connectivity index (χ2n) is 6.89. The van der Waals surface area contributed by atoms with Gasteiger partial charge in [-0.05, 0) is 37.1 Å². The molecule has 4 aromatic rings. The molecule has 176 valence electrons. The number of benzene rings is 2. The van der Waals surface area contributed by atoms with E-state index in [1.54, 1.807) is 36.4 Å². The fraction of sp³-hybridized carbons (Fsp3) is 0.0769. The summed E-state index contributed by atoms with van der Waals surface area (Å²) in [6.07, 6.45) is 0. The van der Waals surface area contributed by atoms with E-state index in [4.69, 9.17) is 11.5 Å². The molecule has 0 saturated heterocycles. The predicted octanol–water partition coefficient (Wildman–Crippen LogP) is 0.883. The van der Waals surface area contributed by atoms with Crippen molar-refractivity contribution in [2.45, 2.75) is 13.8 Å². The number of aromatic carboxylic acids is 2. The van der Waals surface area contributed by atoms with Crippen molar-refractivity contribution >= 4 is 23.6 Å². The molecule has 0 aliphatic heterocycles. The Kier molecular flexibility index (Phi) is 12.2. The Hall–Kier alpha value is -4.72. The molecule has 6 N–H and O–H groups in total. The number of nitrogens with one attached hydrogen (secondary N) is 2. The van der Waals surface area contributed by atoms with E-state index >= 15 is 0 Å². The summed E-state index contributed by atoms with van der Waals surface area (Å²) in [5.74, 6) is -0.832. The molecule has 0 bridgehead atoms. The van der Waals surface area contributed by atoms with E-state index in [0.717, 1.165) is 11.4 Å². The average molecular weight is 461 g/mol. The minimum atomic E-state index is -1.13. The number of aromatic nitrogens is 2. The number of rotatable bonds is 2. The number of hydrogen-bond acceptors (Lipinski definition) is 6. The summed E-state index contributed by atoms with van der Waals surface area (Å²) in [7, 11) is 0. The monoisotopic (exact) mass is 460 g/mol. The van der Waals surface area contributed by atoms with Crippen molar-refractivity contribution in [3.05, 3.63) is 120 Å². The van der Waals surface area contributed by atoms with Crippen LogP contribution in [0.2, 0.25) is 0 Å². The van der Waals surface area contributed by atoms with E-state index in [9.17, 15) is 19.8 Å². The Bertz CT molecular complexity index is 1030. The maximum absolute atomic E-state index is 10.1. The van der Waals surface area contributed by atoms with Gasteiger partial charge in [0.2, 0.25) is 0 Å². The van der Waals surface area contributed by atoms with Crippen LogP contribution in [0.4, 0.5) is 11.6 Å². The number of aryl methyl sites for hydroxylation is 2. The van der Waals surface area contributed by atoms with Crippen molar-refractivity contribution in [3.63, 3.8) is 0 Å². The van der Waals surface area contributed by atoms with Crippen molar-refractivity contribution in [3.8, 4) is 0 Å². The Morgan fingerprint density at radius 3 is 1.06 bits per heavy atom. The number of H-pyrrole nitrogens is 2. The molecule has 34 heavy (non-hydrogen) atoms. The lowest BCUT2D eigenvalue weighted by Gasteiger charge is -1.97. The van der Waals surface area contributed by atoms with Gasteiger partial charge in [0.05, 0.1) is 23.3 Å².